The van der Waals surface area contributed by atoms with Gasteiger partial charge in [0.2, 0.25) is 0 Å². The summed E-state index contributed by atoms with van der Waals surface area (Å²) in [6.07, 6.45) is 7.07. The zero-order valence-electron chi connectivity index (χ0n) is 14.9. The van der Waals surface area contributed by atoms with Crippen LogP contribution >= 0.6 is 0 Å². The number of phenolic OH excluding ortho intramolecular Hbond substituents is 2. The third-order valence-corrected chi connectivity index (χ3v) is 4.87. The first-order valence-corrected chi connectivity index (χ1v) is 9.23. The van der Waals surface area contributed by atoms with Crippen LogP contribution in [0.5, 0.6) is 11.5 Å². The van der Waals surface area contributed by atoms with Crippen LogP contribution in [-0.2, 0) is 0 Å². The lowest BCUT2D eigenvalue weighted by molar-refractivity contribution is 0.445. The van der Waals surface area contributed by atoms with Gasteiger partial charge in [-0.05, 0) is 60.1 Å². The summed E-state index contributed by atoms with van der Waals surface area (Å²) in [5.74, 6) is 1.54. The summed E-state index contributed by atoms with van der Waals surface area (Å²) in [6, 6.07) is 15.4. The Bertz CT molecular complexity index is 531. The maximum atomic E-state index is 9.61. The van der Waals surface area contributed by atoms with E-state index >= 15 is 0 Å². The van der Waals surface area contributed by atoms with Crippen molar-refractivity contribution >= 4 is 0 Å². The lowest BCUT2D eigenvalue weighted by Gasteiger charge is -2.28. The molecule has 0 fully saturated rings. The molecule has 2 aromatic rings. The minimum atomic E-state index is 0.322. The fourth-order valence-electron chi connectivity index (χ4n) is 3.49. The molecule has 0 aromatic heterocycles. The van der Waals surface area contributed by atoms with Crippen LogP contribution in [-0.4, -0.2) is 10.2 Å². The van der Waals surface area contributed by atoms with Gasteiger partial charge in [-0.15, -0.1) is 0 Å². The van der Waals surface area contributed by atoms with Gasteiger partial charge >= 0.3 is 0 Å². The molecule has 2 rings (SSSR count). The van der Waals surface area contributed by atoms with E-state index in [4.69, 9.17) is 0 Å². The van der Waals surface area contributed by atoms with Crippen molar-refractivity contribution in [2.24, 2.45) is 0 Å². The van der Waals surface area contributed by atoms with E-state index in [1.807, 2.05) is 0 Å². The SMILES string of the molecule is CCCC[C@H](c1ccc(O)cc1)[C@@H](CCCC)c1ccc(O)cc1. The van der Waals surface area contributed by atoms with Gasteiger partial charge in [-0.1, -0.05) is 63.8 Å². The van der Waals surface area contributed by atoms with Crippen molar-refractivity contribution in [3.8, 4) is 11.5 Å². The van der Waals surface area contributed by atoms with Gasteiger partial charge in [-0.2, -0.15) is 0 Å². The fourth-order valence-corrected chi connectivity index (χ4v) is 3.49. The van der Waals surface area contributed by atoms with E-state index in [0.29, 0.717) is 23.3 Å². The van der Waals surface area contributed by atoms with Gasteiger partial charge < -0.3 is 10.2 Å². The molecule has 0 aliphatic rings. The fraction of sp³-hybridized carbons (Fsp3) is 0.455. The summed E-state index contributed by atoms with van der Waals surface area (Å²) >= 11 is 0. The number of hydrogen-bond acceptors (Lipinski definition) is 2. The smallest absolute Gasteiger partial charge is 0.115 e. The summed E-state index contributed by atoms with van der Waals surface area (Å²) in [7, 11) is 0. The second-order valence-corrected chi connectivity index (χ2v) is 6.68. The van der Waals surface area contributed by atoms with Gasteiger partial charge in [0.25, 0.3) is 0 Å². The standard InChI is InChI=1S/C22H30O2/c1-3-5-7-21(17-9-13-19(23)14-10-17)22(8-6-4-2)18-11-15-20(24)16-12-18/h9-16,21-24H,3-8H2,1-2H3/t21-,22+. The molecule has 0 spiro atoms. The van der Waals surface area contributed by atoms with Crippen LogP contribution in [0.3, 0.4) is 0 Å². The number of phenols is 2. The van der Waals surface area contributed by atoms with Crippen LogP contribution in [0.2, 0.25) is 0 Å². The van der Waals surface area contributed by atoms with Crippen LogP contribution < -0.4 is 0 Å². The Labute approximate surface area is 146 Å². The van der Waals surface area contributed by atoms with Crippen LogP contribution in [0.25, 0.3) is 0 Å². The maximum absolute atomic E-state index is 9.61. The highest BCUT2D eigenvalue weighted by atomic mass is 16.3. The van der Waals surface area contributed by atoms with Crippen LogP contribution in [0.15, 0.2) is 48.5 Å². The highest BCUT2D eigenvalue weighted by molar-refractivity contribution is 5.34. The summed E-state index contributed by atoms with van der Waals surface area (Å²) in [6.45, 7) is 4.46. The quantitative estimate of drug-likeness (QED) is 0.564. The summed E-state index contributed by atoms with van der Waals surface area (Å²) in [5, 5.41) is 19.2. The van der Waals surface area contributed by atoms with E-state index in [0.717, 1.165) is 12.8 Å². The second-order valence-electron chi connectivity index (χ2n) is 6.68. The summed E-state index contributed by atoms with van der Waals surface area (Å²) < 4.78 is 0. The van der Waals surface area contributed by atoms with Crippen molar-refractivity contribution in [3.63, 3.8) is 0 Å². The third-order valence-electron chi connectivity index (χ3n) is 4.87. The molecule has 0 radical (unpaired) electrons. The largest absolute Gasteiger partial charge is 0.508 e. The second kappa shape index (κ2) is 9.36. The first-order chi connectivity index (χ1) is 11.7. The lowest BCUT2D eigenvalue weighted by Crippen LogP contribution is -2.12. The van der Waals surface area contributed by atoms with Gasteiger partial charge in [0, 0.05) is 0 Å². The Balaban J connectivity index is 2.35. The van der Waals surface area contributed by atoms with Gasteiger partial charge in [-0.25, -0.2) is 0 Å². The maximum Gasteiger partial charge on any atom is 0.115 e. The van der Waals surface area contributed by atoms with E-state index in [-0.39, 0.29) is 0 Å². The summed E-state index contributed by atoms with van der Waals surface area (Å²) in [4.78, 5) is 0. The lowest BCUT2D eigenvalue weighted by atomic mass is 9.76. The minimum absolute atomic E-state index is 0.322. The summed E-state index contributed by atoms with van der Waals surface area (Å²) in [5.41, 5.74) is 2.60. The van der Waals surface area contributed by atoms with Gasteiger partial charge in [0.15, 0.2) is 0 Å². The number of unbranched alkanes of at least 4 members (excludes halogenated alkanes) is 2. The molecular weight excluding hydrogens is 296 g/mol. The van der Waals surface area contributed by atoms with Crippen LogP contribution in [0.4, 0.5) is 0 Å². The monoisotopic (exact) mass is 326 g/mol. The Morgan fingerprint density at radius 1 is 0.625 bits per heavy atom. The highest BCUT2D eigenvalue weighted by Gasteiger charge is 2.24. The first-order valence-electron chi connectivity index (χ1n) is 9.23. The van der Waals surface area contributed by atoms with Crippen molar-refractivity contribution < 1.29 is 10.2 Å². The van der Waals surface area contributed by atoms with Gasteiger partial charge in [0.05, 0.1) is 0 Å². The molecule has 130 valence electrons. The average Bonchev–Trinajstić information content (AvgIpc) is 2.60. The molecule has 0 heterocycles. The van der Waals surface area contributed by atoms with Crippen LogP contribution in [0, 0.1) is 0 Å². The molecule has 2 aromatic carbocycles. The molecule has 0 amide bonds. The highest BCUT2D eigenvalue weighted by Crippen LogP contribution is 2.41. The molecule has 2 N–H and O–H groups in total. The zero-order chi connectivity index (χ0) is 17.4. The van der Waals surface area contributed by atoms with E-state index in [1.165, 1.54) is 36.8 Å². The van der Waals surface area contributed by atoms with E-state index in [1.54, 1.807) is 24.3 Å². The van der Waals surface area contributed by atoms with Crippen molar-refractivity contribution in [1.29, 1.82) is 0 Å². The van der Waals surface area contributed by atoms with E-state index in [2.05, 4.69) is 38.1 Å². The average molecular weight is 326 g/mol. The zero-order valence-corrected chi connectivity index (χ0v) is 14.9. The van der Waals surface area contributed by atoms with Crippen molar-refractivity contribution in [1.82, 2.24) is 0 Å². The Kier molecular flexibility index (Phi) is 7.17. The van der Waals surface area contributed by atoms with Crippen molar-refractivity contribution in [2.75, 3.05) is 0 Å². The predicted molar refractivity (Wildman–Crippen MR) is 101 cm³/mol. The Morgan fingerprint density at radius 2 is 0.958 bits per heavy atom. The molecule has 0 unspecified atom stereocenters. The topological polar surface area (TPSA) is 40.5 Å². The molecule has 0 aliphatic carbocycles. The molecule has 0 saturated heterocycles. The minimum Gasteiger partial charge on any atom is -0.508 e. The molecule has 0 saturated carbocycles. The third kappa shape index (κ3) is 5.02. The number of hydrogen-bond donors (Lipinski definition) is 2. The van der Waals surface area contributed by atoms with E-state index in [9.17, 15) is 10.2 Å². The van der Waals surface area contributed by atoms with Crippen molar-refractivity contribution in [2.45, 2.75) is 64.2 Å². The Morgan fingerprint density at radius 3 is 1.25 bits per heavy atom. The molecule has 24 heavy (non-hydrogen) atoms. The number of aromatic hydroxyl groups is 2. The molecule has 2 nitrogen and oxygen atoms in total. The normalized spacial score (nSPS) is 13.6. The molecule has 0 bridgehead atoms. The first kappa shape index (κ1) is 18.4. The molecule has 2 atom stereocenters. The van der Waals surface area contributed by atoms with Gasteiger partial charge in [0.1, 0.15) is 11.5 Å². The molecular formula is C22H30O2. The van der Waals surface area contributed by atoms with Crippen molar-refractivity contribution in [3.05, 3.63) is 59.7 Å². The number of rotatable bonds is 9. The predicted octanol–water partition coefficient (Wildman–Crippen LogP) is 6.35. The number of benzene rings is 2. The van der Waals surface area contributed by atoms with Crippen LogP contribution in [0.1, 0.15) is 75.3 Å². The van der Waals surface area contributed by atoms with Gasteiger partial charge in [-0.3, -0.25) is 0 Å². The van der Waals surface area contributed by atoms with E-state index < -0.39 is 0 Å². The molecule has 2 heteroatoms. The molecule has 0 aliphatic heterocycles. The Hall–Kier alpha value is -1.96.